The molecule has 6 nitrogen and oxygen atoms in total. The summed E-state index contributed by atoms with van der Waals surface area (Å²) >= 11 is 1.73. The van der Waals surface area contributed by atoms with Crippen molar-refractivity contribution in [1.29, 1.82) is 0 Å². The summed E-state index contributed by atoms with van der Waals surface area (Å²) in [7, 11) is 0. The van der Waals surface area contributed by atoms with Gasteiger partial charge in [-0.2, -0.15) is 0 Å². The molecule has 2 heterocycles. The quantitative estimate of drug-likeness (QED) is 0.725. The first kappa shape index (κ1) is 15.6. The standard InChI is InChI=1S/C13H23N3O3S/c1-9(17)11(14)12(19)16-6-7-20-13(16)4-3-5-15(8-13)10(2)18/h9,11,17H,3-8,14H2,1-2H3/t9-,11+,13?/m1/s1. The smallest absolute Gasteiger partial charge is 0.243 e. The second-order valence-electron chi connectivity index (χ2n) is 5.60. The molecule has 0 aliphatic carbocycles. The number of carbonyl (C=O) groups is 2. The maximum atomic E-state index is 12.5. The Hall–Kier alpha value is -0.790. The van der Waals surface area contributed by atoms with Gasteiger partial charge in [0.25, 0.3) is 0 Å². The second-order valence-corrected chi connectivity index (χ2v) is 7.05. The summed E-state index contributed by atoms with van der Waals surface area (Å²) < 4.78 is 0. The molecule has 0 radical (unpaired) electrons. The Labute approximate surface area is 123 Å². The van der Waals surface area contributed by atoms with Gasteiger partial charge in [-0.05, 0) is 19.8 Å². The minimum absolute atomic E-state index is 0.0452. The fourth-order valence-electron chi connectivity index (χ4n) is 2.92. The van der Waals surface area contributed by atoms with Crippen LogP contribution in [0.3, 0.4) is 0 Å². The van der Waals surface area contributed by atoms with E-state index in [2.05, 4.69) is 0 Å². The van der Waals surface area contributed by atoms with Crippen molar-refractivity contribution in [3.8, 4) is 0 Å². The molecular weight excluding hydrogens is 278 g/mol. The van der Waals surface area contributed by atoms with Crippen LogP contribution >= 0.6 is 11.8 Å². The number of aliphatic hydroxyl groups excluding tert-OH is 1. The first-order valence-corrected chi connectivity index (χ1v) is 8.00. The lowest BCUT2D eigenvalue weighted by molar-refractivity contribution is -0.142. The summed E-state index contributed by atoms with van der Waals surface area (Å²) in [6, 6.07) is -0.890. The van der Waals surface area contributed by atoms with E-state index in [0.717, 1.165) is 25.1 Å². The predicted molar refractivity (Wildman–Crippen MR) is 78.0 cm³/mol. The summed E-state index contributed by atoms with van der Waals surface area (Å²) in [5.74, 6) is 0.684. The molecule has 7 heteroatoms. The highest BCUT2D eigenvalue weighted by atomic mass is 32.2. The van der Waals surface area contributed by atoms with E-state index in [1.54, 1.807) is 28.5 Å². The maximum absolute atomic E-state index is 12.5. The van der Waals surface area contributed by atoms with E-state index in [1.165, 1.54) is 6.92 Å². The van der Waals surface area contributed by atoms with Crippen molar-refractivity contribution in [3.05, 3.63) is 0 Å². The van der Waals surface area contributed by atoms with Gasteiger partial charge in [-0.25, -0.2) is 0 Å². The number of rotatable bonds is 2. The lowest BCUT2D eigenvalue weighted by atomic mass is 10.0. The Bertz CT molecular complexity index is 404. The van der Waals surface area contributed by atoms with Gasteiger partial charge in [-0.3, -0.25) is 9.59 Å². The van der Waals surface area contributed by atoms with Crippen LogP contribution in [0, 0.1) is 0 Å². The number of likely N-dealkylation sites (tertiary alicyclic amines) is 1. The molecule has 2 amide bonds. The van der Waals surface area contributed by atoms with Crippen LogP contribution in [-0.2, 0) is 9.59 Å². The van der Waals surface area contributed by atoms with Crippen molar-refractivity contribution < 1.29 is 14.7 Å². The van der Waals surface area contributed by atoms with Crippen molar-refractivity contribution in [2.75, 3.05) is 25.4 Å². The molecule has 2 rings (SSSR count). The third kappa shape index (κ3) is 2.80. The molecule has 0 aromatic rings. The summed E-state index contributed by atoms with van der Waals surface area (Å²) in [6.45, 7) is 5.04. The van der Waals surface area contributed by atoms with Crippen LogP contribution in [0.5, 0.6) is 0 Å². The zero-order valence-electron chi connectivity index (χ0n) is 12.0. The average molecular weight is 301 g/mol. The van der Waals surface area contributed by atoms with E-state index in [1.807, 2.05) is 0 Å². The first-order valence-electron chi connectivity index (χ1n) is 7.02. The Morgan fingerprint density at radius 3 is 2.70 bits per heavy atom. The number of piperidine rings is 1. The van der Waals surface area contributed by atoms with Gasteiger partial charge in [0.15, 0.2) is 0 Å². The molecule has 0 saturated carbocycles. The van der Waals surface area contributed by atoms with E-state index in [0.29, 0.717) is 13.1 Å². The predicted octanol–water partition coefficient (Wildman–Crippen LogP) is -0.391. The molecule has 2 fully saturated rings. The summed E-state index contributed by atoms with van der Waals surface area (Å²) in [5, 5.41) is 9.53. The van der Waals surface area contributed by atoms with Crippen molar-refractivity contribution >= 4 is 23.6 Å². The minimum Gasteiger partial charge on any atom is -0.391 e. The molecule has 0 aromatic carbocycles. The van der Waals surface area contributed by atoms with Gasteiger partial charge in [0.05, 0.1) is 12.6 Å². The van der Waals surface area contributed by atoms with E-state index < -0.39 is 12.1 Å². The van der Waals surface area contributed by atoms with E-state index in [9.17, 15) is 14.7 Å². The zero-order chi connectivity index (χ0) is 14.9. The van der Waals surface area contributed by atoms with Crippen LogP contribution in [-0.4, -0.2) is 69.1 Å². The fraction of sp³-hybridized carbons (Fsp3) is 0.846. The second kappa shape index (κ2) is 5.91. The minimum atomic E-state index is -0.890. The molecular formula is C13H23N3O3S. The number of nitrogens with zero attached hydrogens (tertiary/aromatic N) is 2. The number of hydrogen-bond acceptors (Lipinski definition) is 5. The van der Waals surface area contributed by atoms with E-state index in [-0.39, 0.29) is 16.7 Å². The molecule has 2 aliphatic rings. The number of amides is 2. The van der Waals surface area contributed by atoms with Gasteiger partial charge in [0, 0.05) is 25.8 Å². The monoisotopic (exact) mass is 301 g/mol. The van der Waals surface area contributed by atoms with Crippen LogP contribution in [0.15, 0.2) is 0 Å². The third-order valence-corrected chi connectivity index (χ3v) is 5.60. The summed E-state index contributed by atoms with van der Waals surface area (Å²) in [6.07, 6.45) is 0.901. The summed E-state index contributed by atoms with van der Waals surface area (Å²) in [5.41, 5.74) is 5.79. The fourth-order valence-corrected chi connectivity index (χ4v) is 4.44. The van der Waals surface area contributed by atoms with Gasteiger partial charge in [0.1, 0.15) is 10.9 Å². The molecule has 3 N–H and O–H groups in total. The Morgan fingerprint density at radius 1 is 1.40 bits per heavy atom. The highest BCUT2D eigenvalue weighted by Crippen LogP contribution is 2.42. The molecule has 0 aromatic heterocycles. The highest BCUT2D eigenvalue weighted by molar-refractivity contribution is 8.00. The summed E-state index contributed by atoms with van der Waals surface area (Å²) in [4.78, 5) is 27.3. The van der Waals surface area contributed by atoms with Crippen LogP contribution in [0.2, 0.25) is 0 Å². The molecule has 3 atom stereocenters. The van der Waals surface area contributed by atoms with E-state index in [4.69, 9.17) is 5.73 Å². The number of aliphatic hydroxyl groups is 1. The SMILES string of the molecule is CC(=O)N1CCCC2(C1)SCCN2C(=O)[C@@H](N)[C@@H](C)O. The first-order chi connectivity index (χ1) is 9.37. The topological polar surface area (TPSA) is 86.9 Å². The Balaban J connectivity index is 2.17. The molecule has 0 bridgehead atoms. The molecule has 2 aliphatic heterocycles. The van der Waals surface area contributed by atoms with Gasteiger partial charge in [0.2, 0.25) is 11.8 Å². The molecule has 1 unspecified atom stereocenters. The third-order valence-electron chi connectivity index (χ3n) is 4.13. The van der Waals surface area contributed by atoms with Crippen molar-refractivity contribution in [3.63, 3.8) is 0 Å². The number of carbonyl (C=O) groups excluding carboxylic acids is 2. The lowest BCUT2D eigenvalue weighted by Gasteiger charge is -2.45. The van der Waals surface area contributed by atoms with Crippen molar-refractivity contribution in [2.24, 2.45) is 5.73 Å². The van der Waals surface area contributed by atoms with Crippen LogP contribution in [0.25, 0.3) is 0 Å². The van der Waals surface area contributed by atoms with E-state index >= 15 is 0 Å². The lowest BCUT2D eigenvalue weighted by Crippen LogP contribution is -2.60. The highest BCUT2D eigenvalue weighted by Gasteiger charge is 2.48. The zero-order valence-corrected chi connectivity index (χ0v) is 12.9. The number of hydrogen-bond donors (Lipinski definition) is 2. The number of nitrogens with two attached hydrogens (primary N) is 1. The molecule has 20 heavy (non-hydrogen) atoms. The normalized spacial score (nSPS) is 29.6. The van der Waals surface area contributed by atoms with Gasteiger partial charge >= 0.3 is 0 Å². The van der Waals surface area contributed by atoms with Crippen molar-refractivity contribution in [2.45, 2.75) is 43.7 Å². The van der Waals surface area contributed by atoms with Gasteiger partial charge in [-0.1, -0.05) is 0 Å². The van der Waals surface area contributed by atoms with Gasteiger partial charge in [-0.15, -0.1) is 11.8 Å². The Kier molecular flexibility index (Phi) is 4.61. The van der Waals surface area contributed by atoms with Crippen molar-refractivity contribution in [1.82, 2.24) is 9.80 Å². The van der Waals surface area contributed by atoms with Crippen LogP contribution in [0.4, 0.5) is 0 Å². The van der Waals surface area contributed by atoms with Crippen LogP contribution in [0.1, 0.15) is 26.7 Å². The van der Waals surface area contributed by atoms with Crippen LogP contribution < -0.4 is 5.73 Å². The Morgan fingerprint density at radius 2 is 2.10 bits per heavy atom. The molecule has 2 saturated heterocycles. The number of thioether (sulfide) groups is 1. The largest absolute Gasteiger partial charge is 0.391 e. The molecule has 1 spiro atoms. The molecule has 114 valence electrons. The average Bonchev–Trinajstić information content (AvgIpc) is 2.80. The van der Waals surface area contributed by atoms with Gasteiger partial charge < -0.3 is 20.6 Å². The maximum Gasteiger partial charge on any atom is 0.243 e.